The Morgan fingerprint density at radius 1 is 1.33 bits per heavy atom. The molecule has 0 fully saturated rings. The summed E-state index contributed by atoms with van der Waals surface area (Å²) in [7, 11) is 1.57. The van der Waals surface area contributed by atoms with E-state index in [-0.39, 0.29) is 24.4 Å². The molecule has 0 aliphatic carbocycles. The molecular weight excluding hydrogens is 311 g/mol. The van der Waals surface area contributed by atoms with Gasteiger partial charge in [0.05, 0.1) is 6.54 Å². The van der Waals surface area contributed by atoms with Crippen LogP contribution in [0.1, 0.15) is 19.4 Å². The summed E-state index contributed by atoms with van der Waals surface area (Å²) >= 11 is 11.8. The van der Waals surface area contributed by atoms with E-state index in [1.807, 2.05) is 13.8 Å². The largest absolute Gasteiger partial charge is 0.352 e. The summed E-state index contributed by atoms with van der Waals surface area (Å²) in [5.41, 5.74) is 0.689. The third-order valence-electron chi connectivity index (χ3n) is 2.57. The molecule has 114 valence electrons. The van der Waals surface area contributed by atoms with Gasteiger partial charge in [-0.15, -0.1) is 0 Å². The lowest BCUT2D eigenvalue weighted by molar-refractivity contribution is -0.131. The second-order valence-electron chi connectivity index (χ2n) is 4.92. The Labute approximate surface area is 134 Å². The topological polar surface area (TPSA) is 49.4 Å². The van der Waals surface area contributed by atoms with Crippen molar-refractivity contribution in [3.63, 3.8) is 0 Å². The van der Waals surface area contributed by atoms with Crippen molar-refractivity contribution >= 4 is 41.1 Å². The Morgan fingerprint density at radius 3 is 2.57 bits per heavy atom. The molecule has 1 rings (SSSR count). The molecule has 0 bridgehead atoms. The molecule has 0 saturated heterocycles. The van der Waals surface area contributed by atoms with Crippen molar-refractivity contribution in [2.75, 3.05) is 13.6 Å². The fraction of sp³-hybridized carbons (Fsp3) is 0.333. The molecule has 0 atom stereocenters. The van der Waals surface area contributed by atoms with E-state index >= 15 is 0 Å². The van der Waals surface area contributed by atoms with Gasteiger partial charge in [-0.1, -0.05) is 29.3 Å². The van der Waals surface area contributed by atoms with E-state index < -0.39 is 0 Å². The van der Waals surface area contributed by atoms with Gasteiger partial charge < -0.3 is 10.2 Å². The lowest BCUT2D eigenvalue weighted by Gasteiger charge is -2.16. The van der Waals surface area contributed by atoms with Crippen molar-refractivity contribution in [3.8, 4) is 0 Å². The summed E-state index contributed by atoms with van der Waals surface area (Å²) in [5.74, 6) is -0.473. The maximum Gasteiger partial charge on any atom is 0.246 e. The van der Waals surface area contributed by atoms with Gasteiger partial charge in [0.2, 0.25) is 11.8 Å². The molecule has 0 aliphatic heterocycles. The number of carbonyl (C=O) groups excluding carboxylic acids is 2. The van der Waals surface area contributed by atoms with Gasteiger partial charge in [-0.25, -0.2) is 0 Å². The van der Waals surface area contributed by atoms with Crippen LogP contribution in [0.2, 0.25) is 10.0 Å². The van der Waals surface area contributed by atoms with Crippen LogP contribution in [0.15, 0.2) is 24.3 Å². The first-order valence-corrected chi connectivity index (χ1v) is 7.22. The first-order chi connectivity index (χ1) is 9.79. The van der Waals surface area contributed by atoms with Gasteiger partial charge in [-0.3, -0.25) is 9.59 Å². The average molecular weight is 329 g/mol. The van der Waals surface area contributed by atoms with Crippen LogP contribution in [0.5, 0.6) is 0 Å². The Hall–Kier alpha value is -1.52. The minimum atomic E-state index is -0.278. The summed E-state index contributed by atoms with van der Waals surface area (Å²) in [6, 6.07) is 5.06. The molecule has 1 N–H and O–H groups in total. The zero-order valence-corrected chi connectivity index (χ0v) is 13.7. The van der Waals surface area contributed by atoms with Crippen LogP contribution in [-0.2, 0) is 9.59 Å². The van der Waals surface area contributed by atoms with Crippen LogP contribution >= 0.6 is 23.2 Å². The Morgan fingerprint density at radius 2 is 2.00 bits per heavy atom. The molecule has 0 aromatic heterocycles. The fourth-order valence-corrected chi connectivity index (χ4v) is 2.06. The van der Waals surface area contributed by atoms with Crippen molar-refractivity contribution < 1.29 is 9.59 Å². The Bertz CT molecular complexity index is 557. The summed E-state index contributed by atoms with van der Waals surface area (Å²) < 4.78 is 0. The van der Waals surface area contributed by atoms with Crippen molar-refractivity contribution in [2.45, 2.75) is 19.9 Å². The predicted octanol–water partition coefficient (Wildman–Crippen LogP) is 2.99. The van der Waals surface area contributed by atoms with Crippen LogP contribution in [0, 0.1) is 0 Å². The molecule has 4 nitrogen and oxygen atoms in total. The predicted molar refractivity (Wildman–Crippen MR) is 86.4 cm³/mol. The third kappa shape index (κ3) is 6.19. The number of hydrogen-bond donors (Lipinski definition) is 1. The number of likely N-dealkylation sites (N-methyl/N-ethyl adjacent to an activating group) is 1. The first kappa shape index (κ1) is 17.5. The number of rotatable bonds is 5. The highest BCUT2D eigenvalue weighted by molar-refractivity contribution is 6.35. The number of benzene rings is 1. The molecule has 1 aromatic carbocycles. The number of amides is 2. The second-order valence-corrected chi connectivity index (χ2v) is 5.76. The van der Waals surface area contributed by atoms with Gasteiger partial charge in [-0.05, 0) is 37.6 Å². The third-order valence-corrected chi connectivity index (χ3v) is 3.14. The highest BCUT2D eigenvalue weighted by atomic mass is 35.5. The molecule has 0 radical (unpaired) electrons. The number of nitrogens with one attached hydrogen (secondary N) is 1. The SMILES string of the molecule is CC(C)NC(=O)CN(C)C(=O)/C=C/c1ccc(Cl)cc1Cl. The smallest absolute Gasteiger partial charge is 0.246 e. The number of hydrogen-bond acceptors (Lipinski definition) is 2. The second kappa shape index (κ2) is 8.05. The first-order valence-electron chi connectivity index (χ1n) is 6.47. The molecule has 1 aromatic rings. The van der Waals surface area contributed by atoms with Gasteiger partial charge in [0.25, 0.3) is 0 Å². The minimum absolute atomic E-state index is 0.00963. The van der Waals surface area contributed by atoms with Crippen LogP contribution in [0.25, 0.3) is 6.08 Å². The van der Waals surface area contributed by atoms with Crippen LogP contribution in [0.3, 0.4) is 0 Å². The van der Waals surface area contributed by atoms with Gasteiger partial charge in [-0.2, -0.15) is 0 Å². The molecular formula is C15H18Cl2N2O2. The molecule has 2 amide bonds. The molecule has 0 spiro atoms. The van der Waals surface area contributed by atoms with Crippen molar-refractivity contribution in [1.29, 1.82) is 0 Å². The molecule has 21 heavy (non-hydrogen) atoms. The highest BCUT2D eigenvalue weighted by Gasteiger charge is 2.11. The van der Waals surface area contributed by atoms with Crippen LogP contribution in [0.4, 0.5) is 0 Å². The minimum Gasteiger partial charge on any atom is -0.352 e. The maximum absolute atomic E-state index is 11.9. The molecule has 6 heteroatoms. The van der Waals surface area contributed by atoms with E-state index in [2.05, 4.69) is 5.32 Å². The zero-order chi connectivity index (χ0) is 16.0. The molecule has 0 heterocycles. The van der Waals surface area contributed by atoms with Gasteiger partial charge in [0.1, 0.15) is 0 Å². The van der Waals surface area contributed by atoms with Gasteiger partial charge in [0.15, 0.2) is 0 Å². The standard InChI is InChI=1S/C15H18Cl2N2O2/c1-10(2)18-14(20)9-19(3)15(21)7-5-11-4-6-12(16)8-13(11)17/h4-8,10H,9H2,1-3H3,(H,18,20)/b7-5+. The van der Waals surface area contributed by atoms with Crippen LogP contribution < -0.4 is 5.32 Å². The van der Waals surface area contributed by atoms with Crippen molar-refractivity contribution in [2.24, 2.45) is 0 Å². The number of carbonyl (C=O) groups is 2. The molecule has 0 unspecified atom stereocenters. The Balaban J connectivity index is 2.63. The highest BCUT2D eigenvalue weighted by Crippen LogP contribution is 2.21. The fourth-order valence-electron chi connectivity index (χ4n) is 1.59. The monoisotopic (exact) mass is 328 g/mol. The van der Waals surface area contributed by atoms with E-state index in [4.69, 9.17) is 23.2 Å². The normalized spacial score (nSPS) is 11.0. The maximum atomic E-state index is 11.9. The van der Waals surface area contributed by atoms with E-state index in [1.165, 1.54) is 11.0 Å². The lowest BCUT2D eigenvalue weighted by Crippen LogP contribution is -2.40. The van der Waals surface area contributed by atoms with Gasteiger partial charge >= 0.3 is 0 Å². The molecule has 0 aliphatic rings. The number of halogens is 2. The molecule has 0 saturated carbocycles. The number of nitrogens with zero attached hydrogens (tertiary/aromatic N) is 1. The van der Waals surface area contributed by atoms with Gasteiger partial charge in [0, 0.05) is 29.2 Å². The van der Waals surface area contributed by atoms with E-state index in [1.54, 1.807) is 31.3 Å². The lowest BCUT2D eigenvalue weighted by atomic mass is 10.2. The van der Waals surface area contributed by atoms with Crippen molar-refractivity contribution in [3.05, 3.63) is 39.9 Å². The van der Waals surface area contributed by atoms with E-state index in [0.717, 1.165) is 0 Å². The quantitative estimate of drug-likeness (QED) is 0.845. The Kier molecular flexibility index (Phi) is 6.72. The summed E-state index contributed by atoms with van der Waals surface area (Å²) in [6.07, 6.45) is 2.97. The van der Waals surface area contributed by atoms with E-state index in [9.17, 15) is 9.59 Å². The average Bonchev–Trinajstić information content (AvgIpc) is 2.36. The van der Waals surface area contributed by atoms with Crippen molar-refractivity contribution in [1.82, 2.24) is 10.2 Å². The van der Waals surface area contributed by atoms with E-state index in [0.29, 0.717) is 15.6 Å². The summed E-state index contributed by atoms with van der Waals surface area (Å²) in [6.45, 7) is 3.74. The summed E-state index contributed by atoms with van der Waals surface area (Å²) in [4.78, 5) is 24.8. The van der Waals surface area contributed by atoms with Crippen LogP contribution in [-0.4, -0.2) is 36.3 Å². The summed E-state index contributed by atoms with van der Waals surface area (Å²) in [5, 5.41) is 3.72. The zero-order valence-electron chi connectivity index (χ0n) is 12.2.